The lowest BCUT2D eigenvalue weighted by molar-refractivity contribution is -0.109. The third kappa shape index (κ3) is 4.02. The Kier molecular flexibility index (Phi) is 4.68. The van der Waals surface area contributed by atoms with Crippen molar-refractivity contribution in [1.29, 1.82) is 0 Å². The van der Waals surface area contributed by atoms with Crippen LogP contribution in [0.1, 0.15) is 20.3 Å². The maximum Gasteiger partial charge on any atom is 0.157 e. The molecule has 1 rings (SSSR count). The van der Waals surface area contributed by atoms with Crippen molar-refractivity contribution in [2.24, 2.45) is 0 Å². The summed E-state index contributed by atoms with van der Waals surface area (Å²) in [5, 5.41) is 0. The molecule has 0 amide bonds. The molecule has 0 aliphatic rings. The smallest absolute Gasteiger partial charge is 0.157 e. The van der Waals surface area contributed by atoms with E-state index in [9.17, 15) is 4.79 Å². The molecule has 82 valence electrons. The summed E-state index contributed by atoms with van der Waals surface area (Å²) >= 11 is 0. The zero-order chi connectivity index (χ0) is 11.1. The highest BCUT2D eigenvalue weighted by Crippen LogP contribution is 2.18. The molecule has 3 nitrogen and oxygen atoms in total. The molecule has 0 N–H and O–H groups in total. The fourth-order valence-electron chi connectivity index (χ4n) is 1.06. The first-order chi connectivity index (χ1) is 7.26. The van der Waals surface area contributed by atoms with Crippen LogP contribution < -0.4 is 9.47 Å². The molecule has 0 spiro atoms. The van der Waals surface area contributed by atoms with Gasteiger partial charge in [0.15, 0.2) is 6.29 Å². The van der Waals surface area contributed by atoms with E-state index in [0.717, 1.165) is 18.5 Å². The van der Waals surface area contributed by atoms with Gasteiger partial charge in [-0.15, -0.1) is 0 Å². The fraction of sp³-hybridized carbons (Fsp3) is 0.417. The van der Waals surface area contributed by atoms with Gasteiger partial charge in [0.2, 0.25) is 0 Å². The summed E-state index contributed by atoms with van der Waals surface area (Å²) in [6.45, 7) is 4.19. The quantitative estimate of drug-likeness (QED) is 0.673. The van der Waals surface area contributed by atoms with Gasteiger partial charge in [0, 0.05) is 0 Å². The number of carbonyl (C=O) groups is 1. The van der Waals surface area contributed by atoms with Gasteiger partial charge in [0.25, 0.3) is 0 Å². The fourth-order valence-corrected chi connectivity index (χ4v) is 1.06. The zero-order valence-electron chi connectivity index (χ0n) is 9.10. The van der Waals surface area contributed by atoms with Crippen LogP contribution in [-0.2, 0) is 4.79 Å². The van der Waals surface area contributed by atoms with E-state index in [4.69, 9.17) is 9.47 Å². The number of carbonyl (C=O) groups excluding carboxylic acids is 1. The molecule has 0 saturated carbocycles. The molecular weight excluding hydrogens is 192 g/mol. The summed E-state index contributed by atoms with van der Waals surface area (Å²) in [7, 11) is 0. The van der Waals surface area contributed by atoms with Crippen molar-refractivity contribution < 1.29 is 14.3 Å². The third-order valence-corrected chi connectivity index (χ3v) is 2.05. The molecule has 1 aromatic rings. The molecule has 0 bridgehead atoms. The van der Waals surface area contributed by atoms with Crippen LogP contribution in [0.25, 0.3) is 0 Å². The highest BCUT2D eigenvalue weighted by atomic mass is 16.5. The minimum absolute atomic E-state index is 0.0889. The summed E-state index contributed by atoms with van der Waals surface area (Å²) in [5.74, 6) is 1.50. The lowest BCUT2D eigenvalue weighted by atomic mass is 10.3. The molecule has 0 fully saturated rings. The van der Waals surface area contributed by atoms with Crippen molar-refractivity contribution in [3.05, 3.63) is 24.3 Å². The molecule has 0 radical (unpaired) electrons. The summed E-state index contributed by atoms with van der Waals surface area (Å²) in [6.07, 6.45) is 1.92. The number of benzene rings is 1. The monoisotopic (exact) mass is 208 g/mol. The second-order valence-electron chi connectivity index (χ2n) is 3.29. The van der Waals surface area contributed by atoms with E-state index < -0.39 is 0 Å². The van der Waals surface area contributed by atoms with Gasteiger partial charge in [-0.3, -0.25) is 4.79 Å². The van der Waals surface area contributed by atoms with Crippen LogP contribution in [0.5, 0.6) is 11.5 Å². The van der Waals surface area contributed by atoms with Gasteiger partial charge in [-0.05, 0) is 37.6 Å². The van der Waals surface area contributed by atoms with Crippen LogP contribution in [0.2, 0.25) is 0 Å². The standard InChI is InChI=1S/C12H16O3/c1-3-10(2)15-12-6-4-11(5-7-12)14-9-8-13/h4-8,10H,3,9H2,1-2H3. The number of hydrogen-bond acceptors (Lipinski definition) is 3. The molecular formula is C12H16O3. The van der Waals surface area contributed by atoms with E-state index in [0.29, 0.717) is 5.75 Å². The van der Waals surface area contributed by atoms with Gasteiger partial charge in [0.05, 0.1) is 6.10 Å². The first-order valence-corrected chi connectivity index (χ1v) is 5.09. The Labute approximate surface area is 90.0 Å². The first kappa shape index (κ1) is 11.6. The summed E-state index contributed by atoms with van der Waals surface area (Å²) in [5.41, 5.74) is 0. The Morgan fingerprint density at radius 2 is 1.87 bits per heavy atom. The molecule has 0 heterocycles. The molecule has 0 aliphatic carbocycles. The van der Waals surface area contributed by atoms with Crippen LogP contribution in [0, 0.1) is 0 Å². The summed E-state index contributed by atoms with van der Waals surface area (Å²) in [4.78, 5) is 10.1. The molecule has 1 atom stereocenters. The van der Waals surface area contributed by atoms with Gasteiger partial charge < -0.3 is 9.47 Å². The van der Waals surface area contributed by atoms with Crippen LogP contribution in [-0.4, -0.2) is 19.0 Å². The lowest BCUT2D eigenvalue weighted by Crippen LogP contribution is -2.09. The Morgan fingerprint density at radius 3 is 2.40 bits per heavy atom. The molecule has 1 aromatic carbocycles. The third-order valence-electron chi connectivity index (χ3n) is 2.05. The molecule has 0 aliphatic heterocycles. The van der Waals surface area contributed by atoms with Crippen molar-refractivity contribution in [3.63, 3.8) is 0 Å². The largest absolute Gasteiger partial charge is 0.491 e. The number of ether oxygens (including phenoxy) is 2. The van der Waals surface area contributed by atoms with Gasteiger partial charge in [-0.25, -0.2) is 0 Å². The topological polar surface area (TPSA) is 35.5 Å². The van der Waals surface area contributed by atoms with Gasteiger partial charge >= 0.3 is 0 Å². The zero-order valence-corrected chi connectivity index (χ0v) is 9.10. The summed E-state index contributed by atoms with van der Waals surface area (Å²) in [6, 6.07) is 7.26. The van der Waals surface area contributed by atoms with E-state index in [1.54, 1.807) is 12.1 Å². The Hall–Kier alpha value is -1.51. The van der Waals surface area contributed by atoms with E-state index in [2.05, 4.69) is 6.92 Å². The van der Waals surface area contributed by atoms with Crippen molar-refractivity contribution in [2.75, 3.05) is 6.61 Å². The van der Waals surface area contributed by atoms with Crippen molar-refractivity contribution in [3.8, 4) is 11.5 Å². The predicted molar refractivity (Wildman–Crippen MR) is 58.4 cm³/mol. The Bertz CT molecular complexity index is 292. The molecule has 15 heavy (non-hydrogen) atoms. The summed E-state index contributed by atoms with van der Waals surface area (Å²) < 4.78 is 10.7. The van der Waals surface area contributed by atoms with E-state index in [1.807, 2.05) is 19.1 Å². The minimum atomic E-state index is 0.0889. The van der Waals surface area contributed by atoms with E-state index in [1.165, 1.54) is 0 Å². The highest BCUT2D eigenvalue weighted by Gasteiger charge is 2.00. The van der Waals surface area contributed by atoms with Gasteiger partial charge in [-0.1, -0.05) is 6.92 Å². The van der Waals surface area contributed by atoms with Crippen LogP contribution in [0.3, 0.4) is 0 Å². The normalized spacial score (nSPS) is 11.9. The minimum Gasteiger partial charge on any atom is -0.491 e. The predicted octanol–water partition coefficient (Wildman–Crippen LogP) is 2.44. The SMILES string of the molecule is CCC(C)Oc1ccc(OCC=O)cc1. The number of rotatable bonds is 6. The van der Waals surface area contributed by atoms with Crippen LogP contribution >= 0.6 is 0 Å². The molecule has 0 aromatic heterocycles. The Morgan fingerprint density at radius 1 is 1.27 bits per heavy atom. The van der Waals surface area contributed by atoms with Crippen molar-refractivity contribution in [2.45, 2.75) is 26.4 Å². The van der Waals surface area contributed by atoms with Crippen LogP contribution in [0.4, 0.5) is 0 Å². The molecule has 1 unspecified atom stereocenters. The maximum absolute atomic E-state index is 10.1. The van der Waals surface area contributed by atoms with E-state index in [-0.39, 0.29) is 12.7 Å². The number of hydrogen-bond donors (Lipinski definition) is 0. The van der Waals surface area contributed by atoms with E-state index >= 15 is 0 Å². The number of aldehydes is 1. The molecule has 0 saturated heterocycles. The van der Waals surface area contributed by atoms with Crippen LogP contribution in [0.15, 0.2) is 24.3 Å². The lowest BCUT2D eigenvalue weighted by Gasteiger charge is -2.12. The Balaban J connectivity index is 2.52. The first-order valence-electron chi connectivity index (χ1n) is 5.09. The average Bonchev–Trinajstić information content (AvgIpc) is 2.28. The average molecular weight is 208 g/mol. The highest BCUT2D eigenvalue weighted by molar-refractivity contribution is 5.51. The van der Waals surface area contributed by atoms with Crippen molar-refractivity contribution >= 4 is 6.29 Å². The second kappa shape index (κ2) is 6.06. The van der Waals surface area contributed by atoms with Crippen molar-refractivity contribution in [1.82, 2.24) is 0 Å². The van der Waals surface area contributed by atoms with Gasteiger partial charge in [0.1, 0.15) is 18.1 Å². The van der Waals surface area contributed by atoms with Gasteiger partial charge in [-0.2, -0.15) is 0 Å². The molecule has 3 heteroatoms. The maximum atomic E-state index is 10.1. The second-order valence-corrected chi connectivity index (χ2v) is 3.29.